The van der Waals surface area contributed by atoms with Crippen molar-refractivity contribution in [3.63, 3.8) is 0 Å². The van der Waals surface area contributed by atoms with Crippen LogP contribution in [0.5, 0.6) is 0 Å². The first-order valence-corrected chi connectivity index (χ1v) is 10.6. The van der Waals surface area contributed by atoms with Crippen LogP contribution in [0.2, 0.25) is 0 Å². The van der Waals surface area contributed by atoms with E-state index in [0.717, 1.165) is 23.3 Å². The number of aromatic nitrogens is 2. The molecule has 0 N–H and O–H groups in total. The molecule has 1 aliphatic rings. The van der Waals surface area contributed by atoms with Gasteiger partial charge in [0.2, 0.25) is 10.0 Å². The molecule has 0 bridgehead atoms. The van der Waals surface area contributed by atoms with Crippen LogP contribution >= 0.6 is 0 Å². The maximum atomic E-state index is 13.4. The van der Waals surface area contributed by atoms with Crippen LogP contribution in [-0.4, -0.2) is 36.0 Å². The minimum atomic E-state index is -3.97. The summed E-state index contributed by atoms with van der Waals surface area (Å²) in [4.78, 5) is 4.08. The number of hydrogen-bond acceptors (Lipinski definition) is 5. The molecule has 0 aliphatic carbocycles. The van der Waals surface area contributed by atoms with Gasteiger partial charge in [0.1, 0.15) is 11.6 Å². The number of hydrogen-bond donors (Lipinski definition) is 0. The largest absolute Gasteiger partial charge is 0.334 e. The van der Waals surface area contributed by atoms with Crippen molar-refractivity contribution in [2.45, 2.75) is 30.6 Å². The Morgan fingerprint density at radius 3 is 2.28 bits per heavy atom. The van der Waals surface area contributed by atoms with Crippen molar-refractivity contribution < 1.29 is 21.7 Å². The van der Waals surface area contributed by atoms with Crippen molar-refractivity contribution in [1.29, 1.82) is 0 Å². The molecule has 0 spiro atoms. The standard InChI is InChI=1S/C20H19F2N3O3S/c1-13-2-4-15(5-3-13)20-23-19(24-28-20)14-6-8-25(9-7-14)29(26,27)18-11-16(21)10-17(22)12-18/h2-5,10-12,14H,6-9H2,1H3. The van der Waals surface area contributed by atoms with Crippen molar-refractivity contribution in [2.75, 3.05) is 13.1 Å². The third kappa shape index (κ3) is 4.06. The second-order valence-electron chi connectivity index (χ2n) is 7.11. The summed E-state index contributed by atoms with van der Waals surface area (Å²) in [5, 5.41) is 4.05. The van der Waals surface area contributed by atoms with Crippen LogP contribution in [0, 0.1) is 18.6 Å². The van der Waals surface area contributed by atoms with Gasteiger partial charge in [0.25, 0.3) is 5.89 Å². The molecule has 0 unspecified atom stereocenters. The number of rotatable bonds is 4. The average Bonchev–Trinajstić information content (AvgIpc) is 3.18. The number of piperidine rings is 1. The van der Waals surface area contributed by atoms with Crippen LogP contribution in [0.4, 0.5) is 8.78 Å². The van der Waals surface area contributed by atoms with Gasteiger partial charge >= 0.3 is 0 Å². The van der Waals surface area contributed by atoms with Crippen LogP contribution in [0.15, 0.2) is 51.9 Å². The molecule has 4 rings (SSSR count). The zero-order chi connectivity index (χ0) is 20.6. The first-order valence-electron chi connectivity index (χ1n) is 9.20. The second kappa shape index (κ2) is 7.64. The van der Waals surface area contributed by atoms with Crippen molar-refractivity contribution in [2.24, 2.45) is 0 Å². The highest BCUT2D eigenvalue weighted by Gasteiger charge is 2.32. The highest BCUT2D eigenvalue weighted by Crippen LogP contribution is 2.31. The topological polar surface area (TPSA) is 76.3 Å². The summed E-state index contributed by atoms with van der Waals surface area (Å²) in [5.74, 6) is -0.934. The molecule has 6 nitrogen and oxygen atoms in total. The Balaban J connectivity index is 1.46. The Kier molecular flexibility index (Phi) is 5.18. The van der Waals surface area contributed by atoms with Gasteiger partial charge < -0.3 is 4.52 Å². The van der Waals surface area contributed by atoms with E-state index >= 15 is 0 Å². The predicted molar refractivity (Wildman–Crippen MR) is 102 cm³/mol. The van der Waals surface area contributed by atoms with E-state index in [1.165, 1.54) is 4.31 Å². The van der Waals surface area contributed by atoms with Gasteiger partial charge in [-0.1, -0.05) is 22.9 Å². The Morgan fingerprint density at radius 2 is 1.66 bits per heavy atom. The van der Waals surface area contributed by atoms with Crippen molar-refractivity contribution in [3.8, 4) is 11.5 Å². The lowest BCUT2D eigenvalue weighted by atomic mass is 9.97. The zero-order valence-corrected chi connectivity index (χ0v) is 16.5. The lowest BCUT2D eigenvalue weighted by Crippen LogP contribution is -2.38. The van der Waals surface area contributed by atoms with Crippen LogP contribution in [0.3, 0.4) is 0 Å². The number of benzene rings is 2. The fraction of sp³-hybridized carbons (Fsp3) is 0.300. The highest BCUT2D eigenvalue weighted by molar-refractivity contribution is 7.89. The first-order chi connectivity index (χ1) is 13.8. The van der Waals surface area contributed by atoms with Gasteiger partial charge in [-0.05, 0) is 44.0 Å². The SMILES string of the molecule is Cc1ccc(-c2nc(C3CCN(S(=O)(=O)c4cc(F)cc(F)c4)CC3)no2)cc1. The third-order valence-electron chi connectivity index (χ3n) is 5.03. The van der Waals surface area contributed by atoms with Crippen LogP contribution in [-0.2, 0) is 10.0 Å². The minimum Gasteiger partial charge on any atom is -0.334 e. The molecule has 9 heteroatoms. The number of sulfonamides is 1. The van der Waals surface area contributed by atoms with E-state index in [1.807, 2.05) is 31.2 Å². The van der Waals surface area contributed by atoms with Gasteiger partial charge in [-0.25, -0.2) is 17.2 Å². The number of halogens is 2. The summed E-state index contributed by atoms with van der Waals surface area (Å²) in [5.41, 5.74) is 1.95. The molecule has 152 valence electrons. The fourth-order valence-corrected chi connectivity index (χ4v) is 4.91. The van der Waals surface area contributed by atoms with Gasteiger partial charge in [-0.2, -0.15) is 9.29 Å². The summed E-state index contributed by atoms with van der Waals surface area (Å²) < 4.78 is 58.8. The summed E-state index contributed by atoms with van der Waals surface area (Å²) in [6.07, 6.45) is 0.980. The van der Waals surface area contributed by atoms with E-state index in [2.05, 4.69) is 10.1 Å². The fourth-order valence-electron chi connectivity index (χ4n) is 3.39. The first kappa shape index (κ1) is 19.7. The molecule has 1 aromatic heterocycles. The van der Waals surface area contributed by atoms with Gasteiger partial charge in [-0.15, -0.1) is 0 Å². The van der Waals surface area contributed by atoms with Crippen LogP contribution < -0.4 is 0 Å². The molecular formula is C20H19F2N3O3S. The summed E-state index contributed by atoms with van der Waals surface area (Å²) >= 11 is 0. The molecule has 0 saturated carbocycles. The molecule has 2 heterocycles. The molecular weight excluding hydrogens is 400 g/mol. The quantitative estimate of drug-likeness (QED) is 0.641. The lowest BCUT2D eigenvalue weighted by molar-refractivity contribution is 0.307. The van der Waals surface area contributed by atoms with E-state index < -0.39 is 21.7 Å². The summed E-state index contributed by atoms with van der Waals surface area (Å²) in [6, 6.07) is 10.0. The monoisotopic (exact) mass is 419 g/mol. The Morgan fingerprint density at radius 1 is 1.03 bits per heavy atom. The molecule has 0 radical (unpaired) electrons. The third-order valence-corrected chi connectivity index (χ3v) is 6.91. The maximum absolute atomic E-state index is 13.4. The van der Waals surface area contributed by atoms with E-state index in [1.54, 1.807) is 0 Å². The Labute approximate surface area is 167 Å². The molecule has 1 aliphatic heterocycles. The molecule has 1 saturated heterocycles. The number of nitrogens with zero attached hydrogens (tertiary/aromatic N) is 3. The van der Waals surface area contributed by atoms with Gasteiger partial charge in [0, 0.05) is 30.6 Å². The maximum Gasteiger partial charge on any atom is 0.257 e. The summed E-state index contributed by atoms with van der Waals surface area (Å²) in [7, 11) is -3.97. The molecule has 29 heavy (non-hydrogen) atoms. The predicted octanol–water partition coefficient (Wildman–Crippen LogP) is 3.89. The van der Waals surface area contributed by atoms with Gasteiger partial charge in [0.15, 0.2) is 5.82 Å². The molecule has 1 fully saturated rings. The van der Waals surface area contributed by atoms with E-state index in [9.17, 15) is 17.2 Å². The second-order valence-corrected chi connectivity index (χ2v) is 9.05. The van der Waals surface area contributed by atoms with Crippen molar-refractivity contribution in [1.82, 2.24) is 14.4 Å². The highest BCUT2D eigenvalue weighted by atomic mass is 32.2. The van der Waals surface area contributed by atoms with E-state index in [-0.39, 0.29) is 23.9 Å². The Bertz CT molecular complexity index is 1100. The lowest BCUT2D eigenvalue weighted by Gasteiger charge is -2.29. The molecule has 0 atom stereocenters. The normalized spacial score (nSPS) is 16.2. The van der Waals surface area contributed by atoms with Gasteiger partial charge in [-0.3, -0.25) is 0 Å². The molecule has 0 amide bonds. The smallest absolute Gasteiger partial charge is 0.257 e. The molecule has 2 aromatic carbocycles. The number of aryl methyl sites for hydroxylation is 1. The van der Waals surface area contributed by atoms with Gasteiger partial charge in [0.05, 0.1) is 4.90 Å². The van der Waals surface area contributed by atoms with Crippen molar-refractivity contribution in [3.05, 3.63) is 65.5 Å². The Hall–Kier alpha value is -2.65. The van der Waals surface area contributed by atoms with Crippen LogP contribution in [0.1, 0.15) is 30.1 Å². The zero-order valence-electron chi connectivity index (χ0n) is 15.7. The summed E-state index contributed by atoms with van der Waals surface area (Å²) in [6.45, 7) is 2.40. The minimum absolute atomic E-state index is 0.0476. The van der Waals surface area contributed by atoms with Crippen molar-refractivity contribution >= 4 is 10.0 Å². The van der Waals surface area contributed by atoms with Crippen LogP contribution in [0.25, 0.3) is 11.5 Å². The van der Waals surface area contributed by atoms with E-state index in [4.69, 9.17) is 4.52 Å². The molecule has 3 aromatic rings. The van der Waals surface area contributed by atoms with E-state index in [0.29, 0.717) is 30.6 Å². The average molecular weight is 419 g/mol.